The number of aromatic nitrogens is 4. The highest BCUT2D eigenvalue weighted by molar-refractivity contribution is 5.91. The van der Waals surface area contributed by atoms with E-state index >= 15 is 0 Å². The lowest BCUT2D eigenvalue weighted by molar-refractivity contribution is 0.0898. The van der Waals surface area contributed by atoms with Crippen molar-refractivity contribution in [1.29, 1.82) is 0 Å². The third-order valence-corrected chi connectivity index (χ3v) is 5.04. The van der Waals surface area contributed by atoms with E-state index in [4.69, 9.17) is 0 Å². The fourth-order valence-corrected chi connectivity index (χ4v) is 3.56. The van der Waals surface area contributed by atoms with Crippen LogP contribution in [0, 0.1) is 13.8 Å². The number of fused-ring (bicyclic) bond motifs is 1. The van der Waals surface area contributed by atoms with Gasteiger partial charge in [-0.1, -0.05) is 29.8 Å². The number of hydrogen-bond donors (Lipinski definition) is 1. The Bertz CT molecular complexity index is 958. The first-order valence-corrected chi connectivity index (χ1v) is 9.35. The van der Waals surface area contributed by atoms with Crippen LogP contribution in [0.15, 0.2) is 36.5 Å². The minimum atomic E-state index is -0.225. The second-order valence-corrected chi connectivity index (χ2v) is 7.25. The molecule has 0 atom stereocenters. The number of hydrogen-bond acceptors (Lipinski definition) is 5. The van der Waals surface area contributed by atoms with Gasteiger partial charge in [0.25, 0.3) is 11.7 Å². The van der Waals surface area contributed by atoms with Crippen LogP contribution in [0.5, 0.6) is 0 Å². The molecule has 0 saturated carbocycles. The van der Waals surface area contributed by atoms with Gasteiger partial charge in [0.05, 0.1) is 0 Å². The standard InChI is InChI=1S/C20H24N6O/c1-14-4-3-5-16(12-14)13-25-10-7-17(8-11-25)22-19(27)18-23-20-21-9-6-15(2)26(20)24-18/h3-6,9,12,17H,7-8,10-11,13H2,1-2H3,(H,22,27). The summed E-state index contributed by atoms with van der Waals surface area (Å²) in [5, 5.41) is 7.35. The third kappa shape index (κ3) is 3.98. The summed E-state index contributed by atoms with van der Waals surface area (Å²) in [6, 6.07) is 10.6. The molecular formula is C20H24N6O. The molecule has 7 heteroatoms. The Kier molecular flexibility index (Phi) is 4.85. The van der Waals surface area contributed by atoms with Crippen LogP contribution < -0.4 is 5.32 Å². The Morgan fingerprint density at radius 3 is 2.78 bits per heavy atom. The monoisotopic (exact) mass is 364 g/mol. The Balaban J connectivity index is 1.33. The van der Waals surface area contributed by atoms with Gasteiger partial charge in [0.15, 0.2) is 0 Å². The minimum Gasteiger partial charge on any atom is -0.346 e. The average molecular weight is 364 g/mol. The largest absolute Gasteiger partial charge is 0.346 e. The summed E-state index contributed by atoms with van der Waals surface area (Å²) in [5.74, 6) is 0.407. The van der Waals surface area contributed by atoms with Crippen LogP contribution >= 0.6 is 0 Å². The molecule has 0 unspecified atom stereocenters. The summed E-state index contributed by atoms with van der Waals surface area (Å²) >= 11 is 0. The molecule has 1 aliphatic rings. The number of carbonyl (C=O) groups excluding carboxylic acids is 1. The van der Waals surface area contributed by atoms with Crippen LogP contribution in [-0.4, -0.2) is 49.5 Å². The number of aryl methyl sites for hydroxylation is 2. The van der Waals surface area contributed by atoms with E-state index in [1.807, 2.05) is 13.0 Å². The number of benzene rings is 1. The summed E-state index contributed by atoms with van der Waals surface area (Å²) in [4.78, 5) is 23.3. The van der Waals surface area contributed by atoms with Gasteiger partial charge >= 0.3 is 0 Å². The van der Waals surface area contributed by atoms with Crippen LogP contribution in [0.25, 0.3) is 5.78 Å². The molecule has 1 saturated heterocycles. The number of nitrogens with zero attached hydrogens (tertiary/aromatic N) is 5. The van der Waals surface area contributed by atoms with Gasteiger partial charge in [-0.3, -0.25) is 9.69 Å². The van der Waals surface area contributed by atoms with Crippen LogP contribution in [0.1, 0.15) is 40.3 Å². The second kappa shape index (κ2) is 7.44. The van der Waals surface area contributed by atoms with Crippen LogP contribution in [0.3, 0.4) is 0 Å². The van der Waals surface area contributed by atoms with Crippen molar-refractivity contribution in [2.75, 3.05) is 13.1 Å². The number of rotatable bonds is 4. The van der Waals surface area contributed by atoms with Crippen molar-refractivity contribution >= 4 is 11.7 Å². The summed E-state index contributed by atoms with van der Waals surface area (Å²) in [6.07, 6.45) is 3.54. The Labute approximate surface area is 158 Å². The zero-order chi connectivity index (χ0) is 18.8. The van der Waals surface area contributed by atoms with Gasteiger partial charge in [-0.15, -0.1) is 5.10 Å². The minimum absolute atomic E-state index is 0.159. The fourth-order valence-electron chi connectivity index (χ4n) is 3.56. The van der Waals surface area contributed by atoms with E-state index in [9.17, 15) is 4.79 Å². The first kappa shape index (κ1) is 17.6. The molecule has 140 valence electrons. The topological polar surface area (TPSA) is 75.4 Å². The lowest BCUT2D eigenvalue weighted by atomic mass is 10.0. The van der Waals surface area contributed by atoms with E-state index in [2.05, 4.69) is 56.5 Å². The van der Waals surface area contributed by atoms with Crippen molar-refractivity contribution in [3.63, 3.8) is 0 Å². The number of likely N-dealkylation sites (tertiary alicyclic amines) is 1. The van der Waals surface area contributed by atoms with Gasteiger partial charge in [0.2, 0.25) is 5.82 Å². The maximum Gasteiger partial charge on any atom is 0.291 e. The molecule has 0 spiro atoms. The predicted octanol–water partition coefficient (Wildman–Crippen LogP) is 2.14. The van der Waals surface area contributed by atoms with Gasteiger partial charge in [-0.05, 0) is 38.3 Å². The molecule has 1 amide bonds. The zero-order valence-corrected chi connectivity index (χ0v) is 15.7. The number of carbonyl (C=O) groups is 1. The Morgan fingerprint density at radius 1 is 1.22 bits per heavy atom. The van der Waals surface area contributed by atoms with E-state index in [-0.39, 0.29) is 17.8 Å². The molecular weight excluding hydrogens is 340 g/mol. The van der Waals surface area contributed by atoms with Crippen molar-refractivity contribution in [1.82, 2.24) is 29.8 Å². The lowest BCUT2D eigenvalue weighted by Crippen LogP contribution is -2.44. The number of amides is 1. The molecule has 1 N–H and O–H groups in total. The van der Waals surface area contributed by atoms with Crippen molar-refractivity contribution in [2.45, 2.75) is 39.3 Å². The average Bonchev–Trinajstić information content (AvgIpc) is 3.09. The Morgan fingerprint density at radius 2 is 2.04 bits per heavy atom. The molecule has 0 bridgehead atoms. The summed E-state index contributed by atoms with van der Waals surface area (Å²) in [6.45, 7) is 6.93. The predicted molar refractivity (Wildman–Crippen MR) is 102 cm³/mol. The molecule has 7 nitrogen and oxygen atoms in total. The van der Waals surface area contributed by atoms with Crippen molar-refractivity contribution in [3.05, 3.63) is 59.2 Å². The first-order chi connectivity index (χ1) is 13.1. The Hall–Kier alpha value is -2.80. The third-order valence-electron chi connectivity index (χ3n) is 5.04. The summed E-state index contributed by atoms with van der Waals surface area (Å²) < 4.78 is 1.60. The smallest absolute Gasteiger partial charge is 0.291 e. The van der Waals surface area contributed by atoms with Crippen molar-refractivity contribution in [3.8, 4) is 0 Å². The molecule has 0 aliphatic carbocycles. The molecule has 3 heterocycles. The molecule has 2 aromatic heterocycles. The summed E-state index contributed by atoms with van der Waals surface area (Å²) in [5.41, 5.74) is 3.53. The second-order valence-electron chi connectivity index (χ2n) is 7.25. The highest BCUT2D eigenvalue weighted by Gasteiger charge is 2.23. The van der Waals surface area contributed by atoms with Gasteiger partial charge in [0.1, 0.15) is 0 Å². The van der Waals surface area contributed by atoms with Crippen molar-refractivity contribution < 1.29 is 4.79 Å². The maximum atomic E-state index is 12.5. The van der Waals surface area contributed by atoms with E-state index in [1.165, 1.54) is 11.1 Å². The normalized spacial score (nSPS) is 15.9. The van der Waals surface area contributed by atoms with Gasteiger partial charge < -0.3 is 5.32 Å². The molecule has 1 aliphatic heterocycles. The van der Waals surface area contributed by atoms with E-state index in [0.29, 0.717) is 5.78 Å². The molecule has 1 fully saturated rings. The molecule has 0 radical (unpaired) electrons. The molecule has 27 heavy (non-hydrogen) atoms. The van der Waals surface area contributed by atoms with Crippen LogP contribution in [-0.2, 0) is 6.54 Å². The maximum absolute atomic E-state index is 12.5. The van der Waals surface area contributed by atoms with Gasteiger partial charge in [0, 0.05) is 37.6 Å². The van der Waals surface area contributed by atoms with E-state index in [0.717, 1.165) is 38.2 Å². The SMILES string of the molecule is Cc1cccc(CN2CCC(NC(=O)c3nc4nccc(C)n4n3)CC2)c1. The van der Waals surface area contributed by atoms with Crippen molar-refractivity contribution in [2.24, 2.45) is 0 Å². The summed E-state index contributed by atoms with van der Waals surface area (Å²) in [7, 11) is 0. The van der Waals surface area contributed by atoms with Crippen LogP contribution in [0.4, 0.5) is 0 Å². The van der Waals surface area contributed by atoms with Gasteiger partial charge in [-0.2, -0.15) is 4.98 Å². The zero-order valence-electron chi connectivity index (χ0n) is 15.7. The number of piperidine rings is 1. The fraction of sp³-hybridized carbons (Fsp3) is 0.400. The highest BCUT2D eigenvalue weighted by atomic mass is 16.2. The van der Waals surface area contributed by atoms with E-state index < -0.39 is 0 Å². The lowest BCUT2D eigenvalue weighted by Gasteiger charge is -2.32. The quantitative estimate of drug-likeness (QED) is 0.768. The van der Waals surface area contributed by atoms with Crippen LogP contribution in [0.2, 0.25) is 0 Å². The molecule has 4 rings (SSSR count). The first-order valence-electron chi connectivity index (χ1n) is 9.35. The molecule has 3 aromatic rings. The number of nitrogens with one attached hydrogen (secondary N) is 1. The van der Waals surface area contributed by atoms with E-state index in [1.54, 1.807) is 10.7 Å². The van der Waals surface area contributed by atoms with Gasteiger partial charge in [-0.25, -0.2) is 9.50 Å². The highest BCUT2D eigenvalue weighted by Crippen LogP contribution is 2.15. The molecule has 1 aromatic carbocycles.